The van der Waals surface area contributed by atoms with Crippen LogP contribution in [0.25, 0.3) is 0 Å². The van der Waals surface area contributed by atoms with Crippen LogP contribution in [-0.4, -0.2) is 39.8 Å². The Labute approximate surface area is 196 Å². The van der Waals surface area contributed by atoms with Gasteiger partial charge in [-0.15, -0.1) is 0 Å². The third-order valence-electron chi connectivity index (χ3n) is 3.38. The number of alkyl halides is 2. The number of hydrogen-bond donors (Lipinski definition) is 1. The molecule has 3 aromatic heterocycles. The van der Waals surface area contributed by atoms with Crippen LogP contribution in [0.1, 0.15) is 12.8 Å². The first-order valence-corrected chi connectivity index (χ1v) is 12.1. The number of aromatic nitrogens is 6. The molecule has 0 atom stereocenters. The summed E-state index contributed by atoms with van der Waals surface area (Å²) in [4.78, 5) is 3.78. The van der Waals surface area contributed by atoms with Crippen molar-refractivity contribution in [2.75, 3.05) is 16.0 Å². The minimum absolute atomic E-state index is 1.00. The van der Waals surface area contributed by atoms with Gasteiger partial charge < -0.3 is 9.67 Å². The van der Waals surface area contributed by atoms with Crippen molar-refractivity contribution in [3.63, 3.8) is 0 Å². The van der Waals surface area contributed by atoms with E-state index < -0.39 is 0 Å². The molecule has 0 spiro atoms. The van der Waals surface area contributed by atoms with Gasteiger partial charge in [-0.3, -0.25) is 0 Å². The van der Waals surface area contributed by atoms with Gasteiger partial charge in [0.15, 0.2) is 0 Å². The predicted octanol–water partition coefficient (Wildman–Crippen LogP) is 2.30. The second kappa shape index (κ2) is 18.1. The van der Waals surface area contributed by atoms with Crippen molar-refractivity contribution in [1.29, 1.82) is 0 Å². The molecule has 0 aliphatic heterocycles. The molecule has 0 aliphatic rings. The molecule has 9 heteroatoms. The minimum Gasteiger partial charge on any atom is -0.400 e. The quantitative estimate of drug-likeness (QED) is 0.263. The van der Waals surface area contributed by atoms with Gasteiger partial charge in [-0.05, 0) is 6.42 Å². The lowest BCUT2D eigenvalue weighted by atomic mass is 10.4. The van der Waals surface area contributed by atoms with Gasteiger partial charge >= 0.3 is 0 Å². The Bertz CT molecular complexity index is 655. The molecule has 1 N–H and O–H groups in total. The van der Waals surface area contributed by atoms with Crippen molar-refractivity contribution in [3.8, 4) is 0 Å². The predicted molar refractivity (Wildman–Crippen MR) is 130 cm³/mol. The van der Waals surface area contributed by atoms with Gasteiger partial charge in [0.05, 0.1) is 33.5 Å². The SMILES string of the molecule is CO.C[n+]1ccn(CCCn2cc[n+](C)c2)c1.Cn1ccnc1.ICCCI. The van der Waals surface area contributed by atoms with Crippen molar-refractivity contribution in [2.45, 2.75) is 25.9 Å². The molecular weight excluding hydrogens is 582 g/mol. The molecule has 0 aliphatic carbocycles. The van der Waals surface area contributed by atoms with Crippen LogP contribution in [-0.2, 0) is 34.2 Å². The van der Waals surface area contributed by atoms with Crippen molar-refractivity contribution in [3.05, 3.63) is 56.2 Å². The van der Waals surface area contributed by atoms with E-state index in [-0.39, 0.29) is 0 Å². The molecule has 0 fully saturated rings. The van der Waals surface area contributed by atoms with Gasteiger partial charge in [0, 0.05) is 41.8 Å². The second-order valence-corrected chi connectivity index (χ2v) is 8.10. The highest BCUT2D eigenvalue weighted by molar-refractivity contribution is 14.1. The fourth-order valence-electron chi connectivity index (χ4n) is 2.08. The summed E-state index contributed by atoms with van der Waals surface area (Å²) < 4.78 is 13.1. The average molecular weight is 616 g/mol. The summed E-state index contributed by atoms with van der Waals surface area (Å²) in [5.41, 5.74) is 0. The van der Waals surface area contributed by atoms with Crippen LogP contribution < -0.4 is 9.13 Å². The number of aryl methyl sites for hydroxylation is 5. The summed E-state index contributed by atoms with van der Waals surface area (Å²) in [6.45, 7) is 2.14. The van der Waals surface area contributed by atoms with Crippen LogP contribution in [0.3, 0.4) is 0 Å². The monoisotopic (exact) mass is 616 g/mol. The molecular formula is C19H34I2N6O+2. The van der Waals surface area contributed by atoms with Crippen molar-refractivity contribution >= 4 is 45.2 Å². The fraction of sp³-hybridized carbons (Fsp3) is 0.526. The van der Waals surface area contributed by atoms with Gasteiger partial charge in [0.2, 0.25) is 12.7 Å². The van der Waals surface area contributed by atoms with Crippen molar-refractivity contribution < 1.29 is 14.2 Å². The Morgan fingerprint density at radius 1 is 0.857 bits per heavy atom. The molecule has 0 aromatic carbocycles. The number of hydrogen-bond acceptors (Lipinski definition) is 2. The Kier molecular flexibility index (Phi) is 17.5. The Morgan fingerprint density at radius 2 is 1.36 bits per heavy atom. The van der Waals surface area contributed by atoms with Crippen LogP contribution in [0.15, 0.2) is 56.2 Å². The van der Waals surface area contributed by atoms with Crippen LogP contribution in [0.5, 0.6) is 0 Å². The minimum atomic E-state index is 1.00. The average Bonchev–Trinajstić information content (AvgIpc) is 3.43. The maximum Gasteiger partial charge on any atom is 0.243 e. The van der Waals surface area contributed by atoms with Crippen LogP contribution >= 0.6 is 45.2 Å². The maximum atomic E-state index is 7.00. The first kappa shape index (κ1) is 27.0. The Balaban J connectivity index is 0.000000463. The lowest BCUT2D eigenvalue weighted by molar-refractivity contribution is -0.671. The number of aliphatic hydroxyl groups excluding tert-OH is 1. The van der Waals surface area contributed by atoms with Crippen molar-refractivity contribution in [1.82, 2.24) is 18.7 Å². The number of halogens is 2. The smallest absolute Gasteiger partial charge is 0.243 e. The summed E-state index contributed by atoms with van der Waals surface area (Å²) in [7, 11) is 7.03. The van der Waals surface area contributed by atoms with E-state index in [1.807, 2.05) is 31.9 Å². The van der Waals surface area contributed by atoms with Gasteiger partial charge in [-0.25, -0.2) is 23.3 Å². The summed E-state index contributed by atoms with van der Waals surface area (Å²) in [6, 6.07) is 0. The maximum absolute atomic E-state index is 7.00. The second-order valence-electron chi connectivity index (χ2n) is 5.95. The molecule has 0 saturated heterocycles. The molecule has 0 amide bonds. The van der Waals surface area contributed by atoms with Crippen molar-refractivity contribution in [2.24, 2.45) is 21.1 Å². The lowest BCUT2D eigenvalue weighted by Crippen LogP contribution is -2.24. The molecule has 28 heavy (non-hydrogen) atoms. The van der Waals surface area contributed by atoms with Gasteiger partial charge in [-0.2, -0.15) is 0 Å². The van der Waals surface area contributed by atoms with E-state index in [1.54, 1.807) is 12.5 Å². The Hall–Kier alpha value is -0.950. The molecule has 3 heterocycles. The van der Waals surface area contributed by atoms with E-state index in [2.05, 4.69) is 106 Å². The normalized spacial score (nSPS) is 9.39. The third-order valence-corrected chi connectivity index (χ3v) is 4.91. The zero-order valence-electron chi connectivity index (χ0n) is 17.3. The van der Waals surface area contributed by atoms with E-state index >= 15 is 0 Å². The van der Waals surface area contributed by atoms with Gasteiger partial charge in [0.1, 0.15) is 24.8 Å². The number of aliphatic hydroxyl groups is 1. The lowest BCUT2D eigenvalue weighted by Gasteiger charge is -1.94. The van der Waals surface area contributed by atoms with Gasteiger partial charge in [-0.1, -0.05) is 45.2 Å². The van der Waals surface area contributed by atoms with Crippen LogP contribution in [0.2, 0.25) is 0 Å². The summed E-state index contributed by atoms with van der Waals surface area (Å²) in [6.07, 6.45) is 20.5. The van der Waals surface area contributed by atoms with Gasteiger partial charge in [0.25, 0.3) is 0 Å². The molecule has 158 valence electrons. The molecule has 0 radical (unpaired) electrons. The largest absolute Gasteiger partial charge is 0.400 e. The standard InChI is InChI=1S/C11H18N4.C4H6N2.C3H6I2.CH4O/c1-12-6-8-14(10-12)4-3-5-15-9-7-13(2)11-15;1-6-3-2-5-4-6;4-2-1-3-5;1-2/h6-11H,3-5H2,1-2H3;2-4H,1H3;1-3H2;2H,1H3/q+2;;;. The van der Waals surface area contributed by atoms with E-state index in [9.17, 15) is 0 Å². The first-order chi connectivity index (χ1) is 13.5. The summed E-state index contributed by atoms with van der Waals surface area (Å²) in [5.74, 6) is 0. The molecule has 7 nitrogen and oxygen atoms in total. The summed E-state index contributed by atoms with van der Waals surface area (Å²) >= 11 is 4.77. The molecule has 3 rings (SSSR count). The molecule has 0 bridgehead atoms. The van der Waals surface area contributed by atoms with Crippen LogP contribution in [0, 0.1) is 0 Å². The van der Waals surface area contributed by atoms with E-state index in [1.165, 1.54) is 15.3 Å². The highest BCUT2D eigenvalue weighted by Crippen LogP contribution is 1.93. The van der Waals surface area contributed by atoms with E-state index in [4.69, 9.17) is 5.11 Å². The number of rotatable bonds is 6. The molecule has 3 aromatic rings. The van der Waals surface area contributed by atoms with Crippen LogP contribution in [0.4, 0.5) is 0 Å². The summed E-state index contributed by atoms with van der Waals surface area (Å²) in [5, 5.41) is 7.00. The number of imidazole rings is 3. The molecule has 0 saturated carbocycles. The topological polar surface area (TPSA) is 55.7 Å². The zero-order chi connectivity index (χ0) is 21.2. The molecule has 0 unspecified atom stereocenters. The highest BCUT2D eigenvalue weighted by Gasteiger charge is 2.02. The first-order valence-electron chi connectivity index (χ1n) is 9.05. The Morgan fingerprint density at radius 3 is 1.57 bits per heavy atom. The highest BCUT2D eigenvalue weighted by atomic mass is 127. The number of nitrogens with zero attached hydrogens (tertiary/aromatic N) is 6. The van der Waals surface area contributed by atoms with E-state index in [0.29, 0.717) is 0 Å². The fourth-order valence-corrected chi connectivity index (χ4v) is 4.30. The third kappa shape index (κ3) is 14.1. The zero-order valence-corrected chi connectivity index (χ0v) is 21.6. The van der Waals surface area contributed by atoms with E-state index in [0.717, 1.165) is 26.6 Å².